The first-order valence-electron chi connectivity index (χ1n) is 9.33. The molecule has 0 amide bonds. The van der Waals surface area contributed by atoms with E-state index in [2.05, 4.69) is 24.1 Å². The lowest BCUT2D eigenvalue weighted by Gasteiger charge is -2.37. The van der Waals surface area contributed by atoms with Gasteiger partial charge in [0, 0.05) is 18.1 Å². The lowest BCUT2D eigenvalue weighted by atomic mass is 9.97. The molecule has 0 aliphatic carbocycles. The van der Waals surface area contributed by atoms with Crippen LogP contribution in [-0.2, 0) is 0 Å². The van der Waals surface area contributed by atoms with Crippen LogP contribution in [0, 0.1) is 0 Å². The lowest BCUT2D eigenvalue weighted by Crippen LogP contribution is -2.48. The molecule has 0 saturated carbocycles. The number of hydrogen-bond donors (Lipinski definition) is 1. The van der Waals surface area contributed by atoms with Crippen molar-refractivity contribution in [2.75, 3.05) is 13.1 Å². The molecule has 2 atom stereocenters. The van der Waals surface area contributed by atoms with Gasteiger partial charge in [-0.2, -0.15) is 0 Å². The number of rotatable bonds is 10. The maximum absolute atomic E-state index is 3.77. The first kappa shape index (κ1) is 16.3. The largest absolute Gasteiger partial charge is 0.311 e. The average Bonchev–Trinajstić information content (AvgIpc) is 2.80. The Morgan fingerprint density at radius 3 is 2.05 bits per heavy atom. The fourth-order valence-electron chi connectivity index (χ4n) is 4.20. The molecule has 2 rings (SSSR count). The highest BCUT2D eigenvalue weighted by atomic mass is 15.2. The van der Waals surface area contributed by atoms with E-state index < -0.39 is 0 Å². The Balaban J connectivity index is 1.58. The van der Waals surface area contributed by atoms with Crippen LogP contribution in [0.15, 0.2) is 0 Å². The summed E-state index contributed by atoms with van der Waals surface area (Å²) in [4.78, 5) is 2.78. The Morgan fingerprint density at radius 1 is 0.850 bits per heavy atom. The van der Waals surface area contributed by atoms with E-state index in [0.717, 1.165) is 18.1 Å². The van der Waals surface area contributed by atoms with Crippen molar-refractivity contribution in [1.29, 1.82) is 0 Å². The van der Waals surface area contributed by atoms with Crippen LogP contribution in [0.25, 0.3) is 0 Å². The van der Waals surface area contributed by atoms with Crippen molar-refractivity contribution in [2.45, 2.75) is 103 Å². The molecule has 0 spiro atoms. The molecule has 2 heterocycles. The van der Waals surface area contributed by atoms with Crippen molar-refractivity contribution in [2.24, 2.45) is 0 Å². The molecule has 2 aliphatic heterocycles. The van der Waals surface area contributed by atoms with E-state index in [4.69, 9.17) is 0 Å². The number of nitrogens with zero attached hydrogens (tertiary/aromatic N) is 1. The summed E-state index contributed by atoms with van der Waals surface area (Å²) in [5, 5.41) is 3.77. The Morgan fingerprint density at radius 2 is 1.45 bits per heavy atom. The third-order valence-electron chi connectivity index (χ3n) is 5.42. The number of unbranched alkanes of at least 4 members (excludes halogenated alkanes) is 6. The Labute approximate surface area is 126 Å². The van der Waals surface area contributed by atoms with Crippen LogP contribution in [0.5, 0.6) is 0 Å². The highest BCUT2D eigenvalue weighted by Crippen LogP contribution is 2.29. The molecule has 0 aromatic heterocycles. The van der Waals surface area contributed by atoms with Crippen molar-refractivity contribution >= 4 is 0 Å². The summed E-state index contributed by atoms with van der Waals surface area (Å²) in [5.41, 5.74) is 0. The van der Waals surface area contributed by atoms with E-state index in [9.17, 15) is 0 Å². The summed E-state index contributed by atoms with van der Waals surface area (Å²) in [6, 6.07) is 2.54. The molecule has 2 saturated heterocycles. The minimum atomic E-state index is 0.835. The molecule has 2 fully saturated rings. The van der Waals surface area contributed by atoms with Crippen molar-refractivity contribution in [3.8, 4) is 0 Å². The topological polar surface area (TPSA) is 15.3 Å². The van der Waals surface area contributed by atoms with Gasteiger partial charge < -0.3 is 10.2 Å². The molecule has 2 unspecified atom stereocenters. The van der Waals surface area contributed by atoms with E-state index in [1.165, 1.54) is 83.7 Å². The van der Waals surface area contributed by atoms with Gasteiger partial charge in [0.2, 0.25) is 0 Å². The fraction of sp³-hybridized carbons (Fsp3) is 1.00. The van der Waals surface area contributed by atoms with Gasteiger partial charge in [-0.25, -0.2) is 0 Å². The van der Waals surface area contributed by atoms with E-state index in [0.29, 0.717) is 0 Å². The maximum atomic E-state index is 3.77. The molecule has 2 aliphatic rings. The van der Waals surface area contributed by atoms with Gasteiger partial charge in [0.1, 0.15) is 0 Å². The maximum Gasteiger partial charge on any atom is 0.0125 e. The van der Waals surface area contributed by atoms with Crippen LogP contribution in [0.1, 0.15) is 84.5 Å². The Hall–Kier alpha value is -0.0800. The van der Waals surface area contributed by atoms with Gasteiger partial charge in [0.15, 0.2) is 0 Å². The molecular formula is C18H36N2. The molecular weight excluding hydrogens is 244 g/mol. The summed E-state index contributed by atoms with van der Waals surface area (Å²) < 4.78 is 0. The second-order valence-electron chi connectivity index (χ2n) is 7.01. The zero-order valence-corrected chi connectivity index (χ0v) is 13.9. The van der Waals surface area contributed by atoms with Crippen LogP contribution in [0.2, 0.25) is 0 Å². The Bertz CT molecular complexity index is 242. The van der Waals surface area contributed by atoms with Crippen LogP contribution >= 0.6 is 0 Å². The van der Waals surface area contributed by atoms with Gasteiger partial charge in [-0.1, -0.05) is 52.4 Å². The van der Waals surface area contributed by atoms with E-state index in [-0.39, 0.29) is 0 Å². The van der Waals surface area contributed by atoms with Crippen LogP contribution < -0.4 is 5.32 Å². The summed E-state index contributed by atoms with van der Waals surface area (Å²) in [6.45, 7) is 7.24. The number of hydrogen-bond acceptors (Lipinski definition) is 2. The second-order valence-corrected chi connectivity index (χ2v) is 7.01. The normalized spacial score (nSPS) is 29.2. The zero-order chi connectivity index (χ0) is 14.2. The molecule has 0 radical (unpaired) electrons. The molecule has 0 aromatic carbocycles. The minimum Gasteiger partial charge on any atom is -0.311 e. The zero-order valence-electron chi connectivity index (χ0n) is 13.9. The van der Waals surface area contributed by atoms with Crippen molar-refractivity contribution in [1.82, 2.24) is 10.2 Å². The number of nitrogens with one attached hydrogen (secondary N) is 1. The monoisotopic (exact) mass is 280 g/mol. The number of piperidine rings is 1. The van der Waals surface area contributed by atoms with Gasteiger partial charge in [-0.05, 0) is 45.2 Å². The molecule has 2 heteroatoms. The summed E-state index contributed by atoms with van der Waals surface area (Å²) >= 11 is 0. The van der Waals surface area contributed by atoms with E-state index in [1.807, 2.05) is 0 Å². The highest BCUT2D eigenvalue weighted by molar-refractivity contribution is 4.95. The van der Waals surface area contributed by atoms with Gasteiger partial charge in [-0.15, -0.1) is 0 Å². The molecule has 2 nitrogen and oxygen atoms in total. The minimum absolute atomic E-state index is 0.835. The standard InChI is InChI=1S/C18H36N2/c1-3-5-6-7-8-9-10-13-20(4-2)18-14-16-11-12-17(15-18)19-16/h16-19H,3-15H2,1-2H3. The summed E-state index contributed by atoms with van der Waals surface area (Å²) in [7, 11) is 0. The fourth-order valence-corrected chi connectivity index (χ4v) is 4.20. The SMILES string of the molecule is CCCCCCCCCN(CC)C1CC2CCC(C1)N2. The van der Waals surface area contributed by atoms with Crippen molar-refractivity contribution in [3.63, 3.8) is 0 Å². The average molecular weight is 280 g/mol. The van der Waals surface area contributed by atoms with E-state index in [1.54, 1.807) is 0 Å². The predicted molar refractivity (Wildman–Crippen MR) is 88.2 cm³/mol. The smallest absolute Gasteiger partial charge is 0.0125 e. The first-order valence-corrected chi connectivity index (χ1v) is 9.33. The molecule has 20 heavy (non-hydrogen) atoms. The third kappa shape index (κ3) is 5.04. The molecule has 0 aromatic rings. The molecule has 2 bridgehead atoms. The second kappa shape index (κ2) is 9.04. The van der Waals surface area contributed by atoms with Gasteiger partial charge >= 0.3 is 0 Å². The predicted octanol–water partition coefficient (Wildman–Crippen LogP) is 4.34. The van der Waals surface area contributed by atoms with Gasteiger partial charge in [0.05, 0.1) is 0 Å². The Kier molecular flexibility index (Phi) is 7.37. The third-order valence-corrected chi connectivity index (χ3v) is 5.42. The first-order chi connectivity index (χ1) is 9.83. The van der Waals surface area contributed by atoms with Gasteiger partial charge in [-0.3, -0.25) is 0 Å². The highest BCUT2D eigenvalue weighted by Gasteiger charge is 2.35. The van der Waals surface area contributed by atoms with Crippen LogP contribution in [-0.4, -0.2) is 36.1 Å². The lowest BCUT2D eigenvalue weighted by molar-refractivity contribution is 0.145. The molecule has 118 valence electrons. The number of fused-ring (bicyclic) bond motifs is 2. The van der Waals surface area contributed by atoms with Crippen molar-refractivity contribution < 1.29 is 0 Å². The van der Waals surface area contributed by atoms with Crippen LogP contribution in [0.3, 0.4) is 0 Å². The van der Waals surface area contributed by atoms with Gasteiger partial charge in [0.25, 0.3) is 0 Å². The summed E-state index contributed by atoms with van der Waals surface area (Å²) in [6.07, 6.45) is 15.7. The van der Waals surface area contributed by atoms with Crippen molar-refractivity contribution in [3.05, 3.63) is 0 Å². The quantitative estimate of drug-likeness (QED) is 0.599. The van der Waals surface area contributed by atoms with Crippen LogP contribution in [0.4, 0.5) is 0 Å². The van der Waals surface area contributed by atoms with E-state index >= 15 is 0 Å². The summed E-state index contributed by atoms with van der Waals surface area (Å²) in [5.74, 6) is 0. The molecule has 1 N–H and O–H groups in total.